The third kappa shape index (κ3) is 7.58. The second kappa shape index (κ2) is 11.4. The van der Waals surface area contributed by atoms with Crippen LogP contribution in [0.5, 0.6) is 5.75 Å². The van der Waals surface area contributed by atoms with Crippen LogP contribution in [-0.2, 0) is 19.2 Å². The minimum atomic E-state index is -0.282. The molecule has 2 rings (SSSR count). The van der Waals surface area contributed by atoms with Gasteiger partial charge in [0.1, 0.15) is 5.75 Å². The highest BCUT2D eigenvalue weighted by molar-refractivity contribution is 6.04. The largest absolute Gasteiger partial charge is 0.494 e. The van der Waals surface area contributed by atoms with Crippen LogP contribution in [0.3, 0.4) is 0 Å². The van der Waals surface area contributed by atoms with Gasteiger partial charge in [0.05, 0.1) is 19.4 Å². The van der Waals surface area contributed by atoms with Gasteiger partial charge in [0, 0.05) is 32.1 Å². The van der Waals surface area contributed by atoms with Crippen molar-refractivity contribution in [1.82, 2.24) is 10.3 Å². The molecule has 0 radical (unpaired) electrons. The van der Waals surface area contributed by atoms with E-state index in [0.29, 0.717) is 25.2 Å². The Bertz CT molecular complexity index is 808. The van der Waals surface area contributed by atoms with Crippen molar-refractivity contribution in [3.05, 3.63) is 29.8 Å². The Labute approximate surface area is 169 Å². The molecule has 1 aliphatic rings. The monoisotopic (exact) mass is 397 g/mol. The number of hydrazone groups is 1. The average Bonchev–Trinajstić information content (AvgIpc) is 3.02. The SMILES string of the molecule is C#CCCC(=O)N/N=C/c1ccc(OCCCC(=O)CN2C(=O)CCC2=O)cc1. The maximum Gasteiger partial charge on any atom is 0.241 e. The van der Waals surface area contributed by atoms with Crippen molar-refractivity contribution >= 4 is 29.7 Å². The van der Waals surface area contributed by atoms with Gasteiger partial charge < -0.3 is 4.74 Å². The third-order valence-electron chi connectivity index (χ3n) is 4.14. The maximum atomic E-state index is 11.9. The van der Waals surface area contributed by atoms with Crippen LogP contribution in [0, 0.1) is 12.3 Å². The van der Waals surface area contributed by atoms with E-state index in [1.54, 1.807) is 24.3 Å². The normalized spacial score (nSPS) is 13.6. The van der Waals surface area contributed by atoms with Gasteiger partial charge >= 0.3 is 0 Å². The van der Waals surface area contributed by atoms with Crippen molar-refractivity contribution in [3.63, 3.8) is 0 Å². The Morgan fingerprint density at radius 1 is 1.17 bits per heavy atom. The number of carbonyl (C=O) groups excluding carboxylic acids is 4. The van der Waals surface area contributed by atoms with E-state index in [2.05, 4.69) is 16.4 Å². The Balaban J connectivity index is 1.65. The number of ketones is 1. The summed E-state index contributed by atoms with van der Waals surface area (Å²) >= 11 is 0. The standard InChI is InChI=1S/C21H23N3O5/c1-2-3-6-19(26)23-22-14-16-7-9-18(10-8-16)29-13-4-5-17(25)15-24-20(27)11-12-21(24)28/h1,7-10,14H,3-6,11-13,15H2,(H,23,26)/b22-14+. The van der Waals surface area contributed by atoms with Crippen LogP contribution in [0.15, 0.2) is 29.4 Å². The highest BCUT2D eigenvalue weighted by Crippen LogP contribution is 2.13. The summed E-state index contributed by atoms with van der Waals surface area (Å²) in [4.78, 5) is 47.3. The van der Waals surface area contributed by atoms with Gasteiger partial charge in [0.15, 0.2) is 5.78 Å². The van der Waals surface area contributed by atoms with Crippen LogP contribution in [0.4, 0.5) is 0 Å². The fourth-order valence-electron chi connectivity index (χ4n) is 2.58. The number of imide groups is 1. The van der Waals surface area contributed by atoms with Gasteiger partial charge in [0.25, 0.3) is 0 Å². The van der Waals surface area contributed by atoms with E-state index >= 15 is 0 Å². The van der Waals surface area contributed by atoms with Crippen LogP contribution >= 0.6 is 0 Å². The number of hydrogen-bond acceptors (Lipinski definition) is 6. The van der Waals surface area contributed by atoms with Crippen molar-refractivity contribution in [3.8, 4) is 18.1 Å². The zero-order chi connectivity index (χ0) is 21.1. The van der Waals surface area contributed by atoms with Crippen LogP contribution < -0.4 is 10.2 Å². The summed E-state index contributed by atoms with van der Waals surface area (Å²) in [6, 6.07) is 7.07. The number of likely N-dealkylation sites (tertiary alicyclic amines) is 1. The molecule has 152 valence electrons. The Morgan fingerprint density at radius 3 is 2.52 bits per heavy atom. The molecular weight excluding hydrogens is 374 g/mol. The lowest BCUT2D eigenvalue weighted by molar-refractivity contribution is -0.141. The summed E-state index contributed by atoms with van der Waals surface area (Å²) in [5, 5.41) is 3.85. The fourth-order valence-corrected chi connectivity index (χ4v) is 2.58. The van der Waals surface area contributed by atoms with Gasteiger partial charge in [-0.15, -0.1) is 12.3 Å². The molecule has 29 heavy (non-hydrogen) atoms. The van der Waals surface area contributed by atoms with E-state index in [-0.39, 0.29) is 55.7 Å². The van der Waals surface area contributed by atoms with E-state index in [1.807, 2.05) is 0 Å². The van der Waals surface area contributed by atoms with Gasteiger partial charge in [-0.2, -0.15) is 5.10 Å². The van der Waals surface area contributed by atoms with Crippen LogP contribution in [-0.4, -0.2) is 47.8 Å². The van der Waals surface area contributed by atoms with Gasteiger partial charge in [-0.05, 0) is 36.2 Å². The van der Waals surface area contributed by atoms with E-state index < -0.39 is 0 Å². The average molecular weight is 397 g/mol. The number of Topliss-reactive ketones (excluding diaryl/α,β-unsaturated/α-hetero) is 1. The van der Waals surface area contributed by atoms with E-state index in [9.17, 15) is 19.2 Å². The lowest BCUT2D eigenvalue weighted by Crippen LogP contribution is -2.34. The molecule has 0 bridgehead atoms. The zero-order valence-corrected chi connectivity index (χ0v) is 16.1. The molecule has 0 unspecified atom stereocenters. The number of ether oxygens (including phenoxy) is 1. The molecule has 1 saturated heterocycles. The highest BCUT2D eigenvalue weighted by atomic mass is 16.5. The first kappa shape index (κ1) is 21.8. The molecule has 1 aromatic rings. The second-order valence-electron chi connectivity index (χ2n) is 6.43. The molecule has 1 aromatic carbocycles. The minimum Gasteiger partial charge on any atom is -0.494 e. The number of amides is 3. The predicted molar refractivity (Wildman–Crippen MR) is 106 cm³/mol. The summed E-state index contributed by atoms with van der Waals surface area (Å²) in [7, 11) is 0. The molecule has 0 aromatic heterocycles. The van der Waals surface area contributed by atoms with Crippen molar-refractivity contribution in [1.29, 1.82) is 0 Å². The summed E-state index contributed by atoms with van der Waals surface area (Å²) < 4.78 is 5.58. The molecule has 1 N–H and O–H groups in total. The predicted octanol–water partition coefficient (Wildman–Crippen LogP) is 1.43. The third-order valence-corrected chi connectivity index (χ3v) is 4.14. The van der Waals surface area contributed by atoms with Crippen molar-refractivity contribution < 1.29 is 23.9 Å². The first-order valence-electron chi connectivity index (χ1n) is 9.32. The molecular formula is C21H23N3O5. The van der Waals surface area contributed by atoms with Crippen LogP contribution in [0.1, 0.15) is 44.1 Å². The summed E-state index contributed by atoms with van der Waals surface area (Å²) in [5.74, 6) is 2.05. The maximum absolute atomic E-state index is 11.9. The summed E-state index contributed by atoms with van der Waals surface area (Å²) in [5.41, 5.74) is 3.17. The van der Waals surface area contributed by atoms with Crippen LogP contribution in [0.25, 0.3) is 0 Å². The highest BCUT2D eigenvalue weighted by Gasteiger charge is 2.29. The van der Waals surface area contributed by atoms with Crippen molar-refractivity contribution in [2.24, 2.45) is 5.10 Å². The van der Waals surface area contributed by atoms with E-state index in [1.165, 1.54) is 6.21 Å². The van der Waals surface area contributed by atoms with Gasteiger partial charge in [-0.3, -0.25) is 24.1 Å². The lowest BCUT2D eigenvalue weighted by atomic mass is 10.2. The Kier molecular flexibility index (Phi) is 8.57. The summed E-state index contributed by atoms with van der Waals surface area (Å²) in [6.07, 6.45) is 8.30. The second-order valence-corrected chi connectivity index (χ2v) is 6.43. The number of nitrogens with zero attached hydrogens (tertiary/aromatic N) is 2. The molecule has 1 heterocycles. The molecule has 8 nitrogen and oxygen atoms in total. The molecule has 1 aliphatic heterocycles. The number of benzene rings is 1. The first-order chi connectivity index (χ1) is 14.0. The van der Waals surface area contributed by atoms with Gasteiger partial charge in [0.2, 0.25) is 17.7 Å². The van der Waals surface area contributed by atoms with E-state index in [4.69, 9.17) is 11.2 Å². The summed E-state index contributed by atoms with van der Waals surface area (Å²) in [6.45, 7) is 0.192. The molecule has 1 fully saturated rings. The van der Waals surface area contributed by atoms with Crippen molar-refractivity contribution in [2.45, 2.75) is 38.5 Å². The number of carbonyl (C=O) groups is 4. The smallest absolute Gasteiger partial charge is 0.241 e. The van der Waals surface area contributed by atoms with Gasteiger partial charge in [-0.1, -0.05) is 0 Å². The fraction of sp³-hybridized carbons (Fsp3) is 0.381. The Morgan fingerprint density at radius 2 is 1.86 bits per heavy atom. The van der Waals surface area contributed by atoms with Crippen molar-refractivity contribution in [2.75, 3.05) is 13.2 Å². The van der Waals surface area contributed by atoms with Gasteiger partial charge in [-0.25, -0.2) is 5.43 Å². The molecule has 8 heteroatoms. The molecule has 3 amide bonds. The topological polar surface area (TPSA) is 105 Å². The number of nitrogens with one attached hydrogen (secondary N) is 1. The molecule has 0 spiro atoms. The molecule has 0 saturated carbocycles. The first-order valence-corrected chi connectivity index (χ1v) is 9.32. The Hall–Kier alpha value is -3.47. The lowest BCUT2D eigenvalue weighted by Gasteiger charge is -2.12. The number of hydrogen-bond donors (Lipinski definition) is 1. The molecule has 0 atom stereocenters. The van der Waals surface area contributed by atoms with Crippen LogP contribution in [0.2, 0.25) is 0 Å². The molecule has 0 aliphatic carbocycles. The zero-order valence-electron chi connectivity index (χ0n) is 16.1. The quantitative estimate of drug-likeness (QED) is 0.200. The number of terminal acetylenes is 1. The minimum absolute atomic E-state index is 0.148. The van der Waals surface area contributed by atoms with E-state index in [0.717, 1.165) is 10.5 Å². The number of rotatable bonds is 11.